The zero-order valence-corrected chi connectivity index (χ0v) is 8.26. The Hall–Kier alpha value is -1.38. The van der Waals surface area contributed by atoms with Crippen molar-refractivity contribution in [3.05, 3.63) is 35.6 Å². The van der Waals surface area contributed by atoms with Gasteiger partial charge in [0.2, 0.25) is 0 Å². The molecule has 1 unspecified atom stereocenters. The standard InChI is InChI=1S/C12H10F2O/c1-7-5-10-8(3-2-4-15-10)11(7)9-6-12(9,13)14/h2-5,9H,6H2,1H3. The van der Waals surface area contributed by atoms with E-state index < -0.39 is 11.8 Å². The summed E-state index contributed by atoms with van der Waals surface area (Å²) in [5.74, 6) is -2.41. The molecule has 0 aromatic heterocycles. The lowest BCUT2D eigenvalue weighted by molar-refractivity contribution is 0.112. The third kappa shape index (κ3) is 1.19. The van der Waals surface area contributed by atoms with E-state index in [1.165, 1.54) is 0 Å². The number of hydrogen-bond donors (Lipinski definition) is 0. The third-order valence-electron chi connectivity index (χ3n) is 3.04. The molecule has 0 saturated heterocycles. The van der Waals surface area contributed by atoms with Crippen LogP contribution in [0.1, 0.15) is 23.5 Å². The van der Waals surface area contributed by atoms with Crippen LogP contribution in [0.5, 0.6) is 0 Å². The second-order valence-corrected chi connectivity index (χ2v) is 4.15. The zero-order valence-electron chi connectivity index (χ0n) is 8.26. The molecule has 0 aromatic carbocycles. The molecule has 15 heavy (non-hydrogen) atoms. The lowest BCUT2D eigenvalue weighted by atomic mass is 10.1. The van der Waals surface area contributed by atoms with E-state index in [9.17, 15) is 8.78 Å². The summed E-state index contributed by atoms with van der Waals surface area (Å²) < 4.78 is 31.3. The van der Waals surface area contributed by atoms with E-state index in [-0.39, 0.29) is 6.42 Å². The van der Waals surface area contributed by atoms with E-state index in [2.05, 4.69) is 0 Å². The summed E-state index contributed by atoms with van der Waals surface area (Å²) >= 11 is 0. The van der Waals surface area contributed by atoms with Crippen molar-refractivity contribution in [2.45, 2.75) is 25.2 Å². The molecule has 0 N–H and O–H groups in total. The predicted octanol–water partition coefficient (Wildman–Crippen LogP) is 3.82. The quantitative estimate of drug-likeness (QED) is 0.694. The molecule has 78 valence electrons. The van der Waals surface area contributed by atoms with Crippen LogP contribution < -0.4 is 0 Å². The van der Waals surface area contributed by atoms with Crippen molar-refractivity contribution in [1.29, 1.82) is 0 Å². The van der Waals surface area contributed by atoms with Crippen molar-refractivity contribution in [2.75, 3.05) is 0 Å². The molecule has 2 aliphatic carbocycles. The van der Waals surface area contributed by atoms with Crippen molar-refractivity contribution >= 4 is 0 Å². The van der Waals surface area contributed by atoms with Crippen LogP contribution in [0.2, 0.25) is 0 Å². The number of aryl methyl sites for hydroxylation is 1. The highest BCUT2D eigenvalue weighted by molar-refractivity contribution is 5.70. The Bertz CT molecular complexity index is 487. The van der Waals surface area contributed by atoms with E-state index in [1.807, 2.05) is 19.1 Å². The van der Waals surface area contributed by atoms with E-state index in [0.717, 1.165) is 16.7 Å². The van der Waals surface area contributed by atoms with Crippen LogP contribution in [-0.2, 0) is 0 Å². The fourth-order valence-electron chi connectivity index (χ4n) is 2.20. The van der Waals surface area contributed by atoms with Gasteiger partial charge in [-0.15, -0.1) is 0 Å². The Morgan fingerprint density at radius 2 is 2.20 bits per heavy atom. The molecule has 1 heterocycles. The Balaban J connectivity index is 2.16. The Labute approximate surface area is 86.0 Å². The molecule has 1 fully saturated rings. The van der Waals surface area contributed by atoms with E-state index in [1.54, 1.807) is 12.3 Å². The Kier molecular flexibility index (Phi) is 1.54. The minimum absolute atomic E-state index is 0.0259. The van der Waals surface area contributed by atoms with Gasteiger partial charge in [0.25, 0.3) is 5.92 Å². The van der Waals surface area contributed by atoms with Gasteiger partial charge < -0.3 is 4.42 Å². The highest BCUT2D eigenvalue weighted by Gasteiger charge is 2.59. The maximum Gasteiger partial charge on any atom is 0.255 e. The molecular weight excluding hydrogens is 198 g/mol. The van der Waals surface area contributed by atoms with Gasteiger partial charge in [-0.1, -0.05) is 0 Å². The van der Waals surface area contributed by atoms with E-state index in [0.29, 0.717) is 5.76 Å². The Morgan fingerprint density at radius 1 is 1.47 bits per heavy atom. The fraction of sp³-hybridized carbons (Fsp3) is 0.333. The molecule has 1 aliphatic heterocycles. The van der Waals surface area contributed by atoms with E-state index >= 15 is 0 Å². The van der Waals surface area contributed by atoms with Gasteiger partial charge in [0.1, 0.15) is 5.76 Å². The number of fused-ring (bicyclic) bond motifs is 1. The van der Waals surface area contributed by atoms with Gasteiger partial charge in [-0.2, -0.15) is 0 Å². The fourth-order valence-corrected chi connectivity index (χ4v) is 2.20. The van der Waals surface area contributed by atoms with Crippen LogP contribution in [0.3, 0.4) is 0 Å². The van der Waals surface area contributed by atoms with Gasteiger partial charge >= 0.3 is 0 Å². The summed E-state index contributed by atoms with van der Waals surface area (Å²) in [6.07, 6.45) is 1.54. The number of alkyl halides is 2. The third-order valence-corrected chi connectivity index (χ3v) is 3.04. The van der Waals surface area contributed by atoms with Crippen LogP contribution in [0.25, 0.3) is 11.3 Å². The van der Waals surface area contributed by atoms with Crippen molar-refractivity contribution < 1.29 is 13.2 Å². The van der Waals surface area contributed by atoms with Gasteiger partial charge in [-0.3, -0.25) is 0 Å². The highest BCUT2D eigenvalue weighted by atomic mass is 19.3. The van der Waals surface area contributed by atoms with Crippen molar-refractivity contribution in [3.8, 4) is 11.3 Å². The minimum Gasteiger partial charge on any atom is -0.464 e. The van der Waals surface area contributed by atoms with Gasteiger partial charge in [0.15, 0.2) is 0 Å². The van der Waals surface area contributed by atoms with Crippen LogP contribution in [-0.4, -0.2) is 5.92 Å². The molecule has 0 radical (unpaired) electrons. The SMILES string of the molecule is Cc1cc2occcc-2c1C1CC1(F)F. The van der Waals surface area contributed by atoms with E-state index in [4.69, 9.17) is 4.42 Å². The smallest absolute Gasteiger partial charge is 0.255 e. The molecule has 3 aliphatic rings. The molecular formula is C12H10F2O. The second-order valence-electron chi connectivity index (χ2n) is 4.15. The summed E-state index contributed by atoms with van der Waals surface area (Å²) in [6, 6.07) is 5.42. The van der Waals surface area contributed by atoms with Gasteiger partial charge in [-0.05, 0) is 36.2 Å². The molecule has 0 aromatic rings. The predicted molar refractivity (Wildman–Crippen MR) is 52.4 cm³/mol. The lowest BCUT2D eigenvalue weighted by Gasteiger charge is -2.02. The van der Waals surface area contributed by atoms with Gasteiger partial charge in [-0.25, -0.2) is 8.78 Å². The first-order chi connectivity index (χ1) is 7.09. The van der Waals surface area contributed by atoms with Gasteiger partial charge in [0, 0.05) is 12.0 Å². The molecule has 1 nitrogen and oxygen atoms in total. The average molecular weight is 208 g/mol. The number of hydrogen-bond acceptors (Lipinski definition) is 1. The highest BCUT2D eigenvalue weighted by Crippen LogP contribution is 2.59. The monoisotopic (exact) mass is 208 g/mol. The van der Waals surface area contributed by atoms with Crippen LogP contribution >= 0.6 is 0 Å². The van der Waals surface area contributed by atoms with Gasteiger partial charge in [0.05, 0.1) is 12.2 Å². The zero-order chi connectivity index (χ0) is 10.6. The molecule has 0 amide bonds. The maximum atomic E-state index is 13.0. The van der Waals surface area contributed by atoms with Crippen molar-refractivity contribution in [3.63, 3.8) is 0 Å². The first kappa shape index (κ1) is 8.89. The summed E-state index contributed by atoms with van der Waals surface area (Å²) in [4.78, 5) is 0. The summed E-state index contributed by atoms with van der Waals surface area (Å²) in [5, 5.41) is 0. The lowest BCUT2D eigenvalue weighted by Crippen LogP contribution is -1.94. The second kappa shape index (κ2) is 2.60. The van der Waals surface area contributed by atoms with Crippen LogP contribution in [0, 0.1) is 6.92 Å². The first-order valence-corrected chi connectivity index (χ1v) is 4.94. The molecule has 3 heteroatoms. The van der Waals surface area contributed by atoms with Crippen molar-refractivity contribution in [2.24, 2.45) is 0 Å². The first-order valence-electron chi connectivity index (χ1n) is 4.94. The summed E-state index contributed by atoms with van der Waals surface area (Å²) in [6.45, 7) is 1.86. The molecule has 3 rings (SSSR count). The average Bonchev–Trinajstić information content (AvgIpc) is 2.68. The molecule has 1 atom stereocenters. The largest absolute Gasteiger partial charge is 0.464 e. The normalized spacial score (nSPS) is 23.3. The minimum atomic E-state index is -2.51. The number of halogens is 2. The van der Waals surface area contributed by atoms with Crippen LogP contribution in [0.4, 0.5) is 8.78 Å². The maximum absolute atomic E-state index is 13.0. The molecule has 0 spiro atoms. The summed E-state index contributed by atoms with van der Waals surface area (Å²) in [5.41, 5.74) is 2.50. The summed E-state index contributed by atoms with van der Waals surface area (Å²) in [7, 11) is 0. The van der Waals surface area contributed by atoms with Crippen LogP contribution in [0.15, 0.2) is 28.9 Å². The molecule has 0 bridgehead atoms. The number of rotatable bonds is 1. The topological polar surface area (TPSA) is 13.1 Å². The van der Waals surface area contributed by atoms with Crippen molar-refractivity contribution in [1.82, 2.24) is 0 Å². The Morgan fingerprint density at radius 3 is 2.87 bits per heavy atom. The molecule has 1 saturated carbocycles.